The number of hydrogen-bond donors (Lipinski definition) is 1. The molecule has 2 heterocycles. The van der Waals surface area contributed by atoms with Crippen LogP contribution < -0.4 is 14.8 Å². The molecule has 1 aliphatic heterocycles. The van der Waals surface area contributed by atoms with Gasteiger partial charge in [0.1, 0.15) is 13.2 Å². The molecule has 0 saturated heterocycles. The van der Waals surface area contributed by atoms with E-state index in [-0.39, 0.29) is 23.0 Å². The van der Waals surface area contributed by atoms with Crippen molar-refractivity contribution in [2.75, 3.05) is 24.3 Å². The van der Waals surface area contributed by atoms with E-state index in [9.17, 15) is 13.2 Å². The summed E-state index contributed by atoms with van der Waals surface area (Å²) in [5, 5.41) is 6.53. The summed E-state index contributed by atoms with van der Waals surface area (Å²) in [4.78, 5) is 12.0. The van der Waals surface area contributed by atoms with Gasteiger partial charge in [0.25, 0.3) is 0 Å². The van der Waals surface area contributed by atoms with Crippen molar-refractivity contribution >= 4 is 21.4 Å². The third-order valence-corrected chi connectivity index (χ3v) is 5.17. The normalized spacial score (nSPS) is 13.5. The minimum Gasteiger partial charge on any atom is -0.486 e. The number of carbonyl (C=O) groups excluding carboxylic acids is 1. The predicted octanol–water partition coefficient (Wildman–Crippen LogP) is 0.994. The molecule has 0 unspecified atom stereocenters. The number of nitrogens with one attached hydrogen (secondary N) is 1. The van der Waals surface area contributed by atoms with Crippen LogP contribution in [-0.4, -0.2) is 43.1 Å². The SMILES string of the molecule is Cn1cc(NC(=O)CCS(=O)(=O)c2ccc3c(c2)OCCO3)cn1. The van der Waals surface area contributed by atoms with Crippen molar-refractivity contribution < 1.29 is 22.7 Å². The van der Waals surface area contributed by atoms with Crippen LogP contribution in [0.5, 0.6) is 11.5 Å². The second kappa shape index (κ2) is 6.52. The highest BCUT2D eigenvalue weighted by atomic mass is 32.2. The number of aromatic nitrogens is 2. The zero-order valence-corrected chi connectivity index (χ0v) is 13.9. The van der Waals surface area contributed by atoms with Gasteiger partial charge in [-0.3, -0.25) is 9.48 Å². The summed E-state index contributed by atoms with van der Waals surface area (Å²) in [5.41, 5.74) is 0.527. The van der Waals surface area contributed by atoms with E-state index in [0.29, 0.717) is 30.4 Å². The van der Waals surface area contributed by atoms with Crippen LogP contribution in [0.1, 0.15) is 6.42 Å². The number of rotatable bonds is 5. The van der Waals surface area contributed by atoms with Gasteiger partial charge in [-0.05, 0) is 12.1 Å². The molecule has 0 saturated carbocycles. The molecule has 0 aliphatic carbocycles. The summed E-state index contributed by atoms with van der Waals surface area (Å²) in [5.74, 6) is 0.249. The lowest BCUT2D eigenvalue weighted by molar-refractivity contribution is -0.115. The highest BCUT2D eigenvalue weighted by Crippen LogP contribution is 2.32. The Hall–Kier alpha value is -2.55. The molecule has 1 N–H and O–H groups in total. The quantitative estimate of drug-likeness (QED) is 0.862. The first-order chi connectivity index (χ1) is 11.4. The van der Waals surface area contributed by atoms with Gasteiger partial charge >= 0.3 is 0 Å². The van der Waals surface area contributed by atoms with Crippen LogP contribution >= 0.6 is 0 Å². The molecule has 1 aromatic heterocycles. The number of aryl methyl sites for hydroxylation is 1. The fourth-order valence-electron chi connectivity index (χ4n) is 2.27. The van der Waals surface area contributed by atoms with Crippen LogP contribution in [0.4, 0.5) is 5.69 Å². The summed E-state index contributed by atoms with van der Waals surface area (Å²) >= 11 is 0. The van der Waals surface area contributed by atoms with Gasteiger partial charge in [0, 0.05) is 25.7 Å². The van der Waals surface area contributed by atoms with Crippen LogP contribution in [0.25, 0.3) is 0 Å². The molecule has 3 rings (SSSR count). The zero-order chi connectivity index (χ0) is 17.2. The van der Waals surface area contributed by atoms with Crippen LogP contribution in [0.3, 0.4) is 0 Å². The molecule has 0 fully saturated rings. The first-order valence-electron chi connectivity index (χ1n) is 7.35. The molecule has 0 atom stereocenters. The van der Waals surface area contributed by atoms with Crippen molar-refractivity contribution in [2.24, 2.45) is 7.05 Å². The molecule has 0 radical (unpaired) electrons. The van der Waals surface area contributed by atoms with Crippen LogP contribution in [0.15, 0.2) is 35.5 Å². The number of nitrogens with zero attached hydrogens (tertiary/aromatic N) is 2. The second-order valence-corrected chi connectivity index (χ2v) is 7.43. The number of amides is 1. The fraction of sp³-hybridized carbons (Fsp3) is 0.333. The Morgan fingerprint density at radius 1 is 1.29 bits per heavy atom. The van der Waals surface area contributed by atoms with Gasteiger partial charge in [0.15, 0.2) is 21.3 Å². The lowest BCUT2D eigenvalue weighted by atomic mass is 10.3. The van der Waals surface area contributed by atoms with E-state index < -0.39 is 9.84 Å². The summed E-state index contributed by atoms with van der Waals surface area (Å²) in [6.07, 6.45) is 2.98. The van der Waals surface area contributed by atoms with Gasteiger partial charge in [0.2, 0.25) is 5.91 Å². The first kappa shape index (κ1) is 16.3. The number of anilines is 1. The maximum absolute atomic E-state index is 12.4. The molecular weight excluding hydrogens is 334 g/mol. The van der Waals surface area contributed by atoms with Crippen molar-refractivity contribution in [3.05, 3.63) is 30.6 Å². The van der Waals surface area contributed by atoms with E-state index in [1.807, 2.05) is 0 Å². The van der Waals surface area contributed by atoms with Gasteiger partial charge in [0.05, 0.1) is 22.5 Å². The van der Waals surface area contributed by atoms with E-state index in [0.717, 1.165) is 0 Å². The van der Waals surface area contributed by atoms with Crippen LogP contribution in [0, 0.1) is 0 Å². The number of fused-ring (bicyclic) bond motifs is 1. The lowest BCUT2D eigenvalue weighted by Gasteiger charge is -2.18. The molecular formula is C15H17N3O5S. The van der Waals surface area contributed by atoms with Crippen molar-refractivity contribution in [3.63, 3.8) is 0 Å². The molecule has 8 nitrogen and oxygen atoms in total. The average Bonchev–Trinajstić information content (AvgIpc) is 2.97. The smallest absolute Gasteiger partial charge is 0.225 e. The molecule has 1 amide bonds. The number of hydrogen-bond acceptors (Lipinski definition) is 6. The van der Waals surface area contributed by atoms with Crippen LogP contribution in [0.2, 0.25) is 0 Å². The molecule has 1 aliphatic rings. The number of carbonyl (C=O) groups is 1. The maximum Gasteiger partial charge on any atom is 0.225 e. The Bertz CT molecular complexity index is 860. The third kappa shape index (κ3) is 3.67. The Morgan fingerprint density at radius 3 is 2.75 bits per heavy atom. The molecule has 0 bridgehead atoms. The van der Waals surface area contributed by atoms with E-state index >= 15 is 0 Å². The minimum absolute atomic E-state index is 0.112. The molecule has 128 valence electrons. The highest BCUT2D eigenvalue weighted by Gasteiger charge is 2.20. The highest BCUT2D eigenvalue weighted by molar-refractivity contribution is 7.91. The number of sulfone groups is 1. The summed E-state index contributed by atoms with van der Waals surface area (Å²) < 4.78 is 37.1. The summed E-state index contributed by atoms with van der Waals surface area (Å²) in [6, 6.07) is 4.46. The van der Waals surface area contributed by atoms with E-state index in [1.54, 1.807) is 24.0 Å². The fourth-order valence-corrected chi connectivity index (χ4v) is 3.52. The van der Waals surface area contributed by atoms with Gasteiger partial charge in [-0.25, -0.2) is 8.42 Å². The third-order valence-electron chi connectivity index (χ3n) is 3.46. The van der Waals surface area contributed by atoms with Gasteiger partial charge in [-0.1, -0.05) is 0 Å². The predicted molar refractivity (Wildman–Crippen MR) is 85.9 cm³/mol. The average molecular weight is 351 g/mol. The molecule has 0 spiro atoms. The number of ether oxygens (including phenoxy) is 2. The van der Waals surface area contributed by atoms with Gasteiger partial charge in [-0.15, -0.1) is 0 Å². The van der Waals surface area contributed by atoms with E-state index in [4.69, 9.17) is 9.47 Å². The summed E-state index contributed by atoms with van der Waals surface area (Å²) in [7, 11) is -1.87. The van der Waals surface area contributed by atoms with Crippen molar-refractivity contribution in [2.45, 2.75) is 11.3 Å². The number of benzene rings is 1. The van der Waals surface area contributed by atoms with Crippen molar-refractivity contribution in [1.82, 2.24) is 9.78 Å². The first-order valence-corrected chi connectivity index (χ1v) is 9.00. The van der Waals surface area contributed by atoms with Crippen molar-refractivity contribution in [3.8, 4) is 11.5 Å². The second-order valence-electron chi connectivity index (χ2n) is 5.33. The summed E-state index contributed by atoms with van der Waals surface area (Å²) in [6.45, 7) is 0.817. The monoisotopic (exact) mass is 351 g/mol. The Kier molecular flexibility index (Phi) is 4.43. The largest absolute Gasteiger partial charge is 0.486 e. The Labute approximate surface area is 139 Å². The standard InChI is InChI=1S/C15H17N3O5S/c1-18-10-11(9-16-18)17-15(19)4-7-24(20,21)12-2-3-13-14(8-12)23-6-5-22-13/h2-3,8-10H,4-7H2,1H3,(H,17,19). The topological polar surface area (TPSA) is 99.5 Å². The lowest BCUT2D eigenvalue weighted by Crippen LogP contribution is -2.18. The molecule has 9 heteroatoms. The Morgan fingerprint density at radius 2 is 2.04 bits per heavy atom. The van der Waals surface area contributed by atoms with E-state index in [1.165, 1.54) is 18.3 Å². The van der Waals surface area contributed by atoms with Gasteiger partial charge < -0.3 is 14.8 Å². The van der Waals surface area contributed by atoms with E-state index in [2.05, 4.69) is 10.4 Å². The van der Waals surface area contributed by atoms with Crippen molar-refractivity contribution in [1.29, 1.82) is 0 Å². The molecule has 1 aromatic carbocycles. The van der Waals surface area contributed by atoms with Gasteiger partial charge in [-0.2, -0.15) is 5.10 Å². The zero-order valence-electron chi connectivity index (χ0n) is 13.1. The van der Waals surface area contributed by atoms with Crippen LogP contribution in [-0.2, 0) is 21.7 Å². The maximum atomic E-state index is 12.4. The Balaban J connectivity index is 1.64. The molecule has 2 aromatic rings. The minimum atomic E-state index is -3.59. The molecule has 24 heavy (non-hydrogen) atoms.